The van der Waals surface area contributed by atoms with Gasteiger partial charge in [-0.3, -0.25) is 4.79 Å². The quantitative estimate of drug-likeness (QED) is 0.322. The Morgan fingerprint density at radius 3 is 2.40 bits per heavy atom. The lowest BCUT2D eigenvalue weighted by Gasteiger charge is -2.36. The van der Waals surface area contributed by atoms with E-state index in [0.29, 0.717) is 54.0 Å². The molecule has 1 aliphatic heterocycles. The van der Waals surface area contributed by atoms with Crippen LogP contribution in [0.1, 0.15) is 16.1 Å². The van der Waals surface area contributed by atoms with E-state index in [4.69, 9.17) is 11.6 Å². The summed E-state index contributed by atoms with van der Waals surface area (Å²) in [6.45, 7) is 1.59. The minimum atomic E-state index is -4.40. The smallest absolute Gasteiger partial charge is 0.368 e. The molecule has 0 saturated carbocycles. The zero-order valence-corrected chi connectivity index (χ0v) is 19.9. The number of carbonyl (C=O) groups is 1. The second-order valence-corrected chi connectivity index (χ2v) is 9.44. The largest absolute Gasteiger partial charge is 0.416 e. The van der Waals surface area contributed by atoms with E-state index in [1.54, 1.807) is 33.8 Å². The Kier molecular flexibility index (Phi) is 6.29. The molecule has 1 aliphatic rings. The van der Waals surface area contributed by atoms with Crippen molar-refractivity contribution in [3.63, 3.8) is 0 Å². The van der Waals surface area contributed by atoms with E-state index in [1.807, 2.05) is 34.5 Å². The van der Waals surface area contributed by atoms with Crippen molar-refractivity contribution < 1.29 is 18.0 Å². The molecule has 1 fully saturated rings. The van der Waals surface area contributed by atoms with Crippen molar-refractivity contribution in [2.24, 2.45) is 0 Å². The van der Waals surface area contributed by atoms with Crippen molar-refractivity contribution in [3.05, 3.63) is 88.4 Å². The molecule has 5 rings (SSSR count). The molecule has 0 spiro atoms. The summed E-state index contributed by atoms with van der Waals surface area (Å²) in [6, 6.07) is 18.1. The number of amides is 1. The van der Waals surface area contributed by atoms with E-state index in [0.717, 1.165) is 17.0 Å². The summed E-state index contributed by atoms with van der Waals surface area (Å²) in [5.41, 5.74) is 1.47. The maximum atomic E-state index is 13.6. The van der Waals surface area contributed by atoms with Gasteiger partial charge >= 0.3 is 6.18 Å². The molecule has 180 valence electrons. The van der Waals surface area contributed by atoms with Gasteiger partial charge in [-0.25, -0.2) is 4.68 Å². The number of thiophene rings is 1. The van der Waals surface area contributed by atoms with Crippen molar-refractivity contribution in [2.45, 2.75) is 6.18 Å². The van der Waals surface area contributed by atoms with Gasteiger partial charge in [-0.1, -0.05) is 35.9 Å². The number of piperazine rings is 1. The van der Waals surface area contributed by atoms with Crippen LogP contribution in [0, 0.1) is 0 Å². The SMILES string of the molecule is O=C(c1cc(-c2cccs2)nn1-c1ccccc1Cl)N1CCN(c2cccc(C(F)(F)F)c2)CC1. The number of nitrogens with zero attached hydrogens (tertiary/aromatic N) is 4. The number of hydrogen-bond acceptors (Lipinski definition) is 4. The normalized spacial score (nSPS) is 14.4. The Bertz CT molecular complexity index is 1350. The third-order valence-corrected chi connectivity index (χ3v) is 7.10. The number of anilines is 1. The average molecular weight is 517 g/mol. The van der Waals surface area contributed by atoms with E-state index < -0.39 is 11.7 Å². The van der Waals surface area contributed by atoms with Crippen molar-refractivity contribution in [3.8, 4) is 16.3 Å². The van der Waals surface area contributed by atoms with Gasteiger partial charge in [0.25, 0.3) is 5.91 Å². The minimum absolute atomic E-state index is 0.205. The van der Waals surface area contributed by atoms with Crippen LogP contribution in [0.5, 0.6) is 0 Å². The summed E-state index contributed by atoms with van der Waals surface area (Å²) >= 11 is 7.94. The van der Waals surface area contributed by atoms with Gasteiger partial charge in [0, 0.05) is 31.9 Å². The summed E-state index contributed by atoms with van der Waals surface area (Å²) in [5, 5.41) is 7.09. The van der Waals surface area contributed by atoms with Gasteiger partial charge in [0.15, 0.2) is 0 Å². The zero-order chi connectivity index (χ0) is 24.6. The maximum Gasteiger partial charge on any atom is 0.416 e. The van der Waals surface area contributed by atoms with E-state index in [9.17, 15) is 18.0 Å². The van der Waals surface area contributed by atoms with Crippen LogP contribution in [0.15, 0.2) is 72.1 Å². The molecule has 4 aromatic rings. The number of halogens is 4. The molecular formula is C25H20ClF3N4OS. The lowest BCUT2D eigenvalue weighted by atomic mass is 10.1. The monoisotopic (exact) mass is 516 g/mol. The van der Waals surface area contributed by atoms with Crippen LogP contribution in [-0.2, 0) is 6.18 Å². The number of aromatic nitrogens is 2. The average Bonchev–Trinajstić information content (AvgIpc) is 3.54. The van der Waals surface area contributed by atoms with Crippen LogP contribution >= 0.6 is 22.9 Å². The molecule has 1 saturated heterocycles. The fourth-order valence-corrected chi connectivity index (χ4v) is 4.99. The molecule has 0 N–H and O–H groups in total. The molecule has 0 atom stereocenters. The Hall–Kier alpha value is -3.30. The van der Waals surface area contributed by atoms with Crippen molar-refractivity contribution in [2.75, 3.05) is 31.1 Å². The highest BCUT2D eigenvalue weighted by Gasteiger charge is 2.32. The fourth-order valence-electron chi connectivity index (χ4n) is 4.09. The van der Waals surface area contributed by atoms with E-state index >= 15 is 0 Å². The summed E-state index contributed by atoms with van der Waals surface area (Å²) in [7, 11) is 0. The van der Waals surface area contributed by atoms with Crippen LogP contribution in [0.4, 0.5) is 18.9 Å². The predicted octanol–water partition coefficient (Wildman–Crippen LogP) is 6.24. The summed E-state index contributed by atoms with van der Waals surface area (Å²) in [5.74, 6) is -0.205. The van der Waals surface area contributed by atoms with Gasteiger partial charge in [0.2, 0.25) is 0 Å². The van der Waals surface area contributed by atoms with Crippen LogP contribution in [-0.4, -0.2) is 46.8 Å². The van der Waals surface area contributed by atoms with E-state index in [1.165, 1.54) is 17.4 Å². The lowest BCUT2D eigenvalue weighted by Crippen LogP contribution is -2.49. The number of hydrogen-bond donors (Lipinski definition) is 0. The van der Waals surface area contributed by atoms with Gasteiger partial charge in [-0.2, -0.15) is 18.3 Å². The first-order valence-corrected chi connectivity index (χ1v) is 12.2. The first kappa shape index (κ1) is 23.4. The molecule has 0 radical (unpaired) electrons. The van der Waals surface area contributed by atoms with Crippen LogP contribution in [0.3, 0.4) is 0 Å². The van der Waals surface area contributed by atoms with Crippen LogP contribution in [0.2, 0.25) is 5.02 Å². The molecule has 2 aromatic carbocycles. The molecule has 5 nitrogen and oxygen atoms in total. The highest BCUT2D eigenvalue weighted by atomic mass is 35.5. The van der Waals surface area contributed by atoms with E-state index in [-0.39, 0.29) is 5.91 Å². The number of rotatable bonds is 4. The van der Waals surface area contributed by atoms with Crippen molar-refractivity contribution in [1.29, 1.82) is 0 Å². The van der Waals surface area contributed by atoms with Gasteiger partial charge in [-0.05, 0) is 47.8 Å². The number of carbonyl (C=O) groups excluding carboxylic acids is 1. The number of para-hydroxylation sites is 1. The third kappa shape index (κ3) is 4.78. The summed E-state index contributed by atoms with van der Waals surface area (Å²) in [4.78, 5) is 18.1. The van der Waals surface area contributed by atoms with Crippen LogP contribution < -0.4 is 4.90 Å². The van der Waals surface area contributed by atoms with Gasteiger partial charge in [0.1, 0.15) is 11.4 Å². The molecule has 3 heterocycles. The lowest BCUT2D eigenvalue weighted by molar-refractivity contribution is -0.137. The molecule has 2 aromatic heterocycles. The third-order valence-electron chi connectivity index (χ3n) is 5.89. The Balaban J connectivity index is 1.39. The highest BCUT2D eigenvalue weighted by Crippen LogP contribution is 2.32. The Labute approximate surface area is 209 Å². The molecule has 10 heteroatoms. The minimum Gasteiger partial charge on any atom is -0.368 e. The van der Waals surface area contributed by atoms with Gasteiger partial charge < -0.3 is 9.80 Å². The molecule has 0 aliphatic carbocycles. The molecular weight excluding hydrogens is 497 g/mol. The summed E-state index contributed by atoms with van der Waals surface area (Å²) in [6.07, 6.45) is -4.40. The summed E-state index contributed by atoms with van der Waals surface area (Å²) < 4.78 is 40.9. The van der Waals surface area contributed by atoms with E-state index in [2.05, 4.69) is 5.10 Å². The fraction of sp³-hybridized carbons (Fsp3) is 0.200. The first-order valence-electron chi connectivity index (χ1n) is 10.9. The molecule has 1 amide bonds. The molecule has 35 heavy (non-hydrogen) atoms. The van der Waals surface area contributed by atoms with Crippen molar-refractivity contribution in [1.82, 2.24) is 14.7 Å². The van der Waals surface area contributed by atoms with Gasteiger partial charge in [0.05, 0.1) is 21.2 Å². The Morgan fingerprint density at radius 1 is 0.943 bits per heavy atom. The van der Waals surface area contributed by atoms with Gasteiger partial charge in [-0.15, -0.1) is 11.3 Å². The number of alkyl halides is 3. The van der Waals surface area contributed by atoms with Crippen molar-refractivity contribution >= 4 is 34.5 Å². The zero-order valence-electron chi connectivity index (χ0n) is 18.4. The molecule has 0 unspecified atom stereocenters. The second-order valence-electron chi connectivity index (χ2n) is 8.08. The second kappa shape index (κ2) is 9.39. The predicted molar refractivity (Wildman–Crippen MR) is 131 cm³/mol. The highest BCUT2D eigenvalue weighted by molar-refractivity contribution is 7.13. The number of benzene rings is 2. The molecule has 0 bridgehead atoms. The standard InChI is InChI=1S/C25H20ClF3N4OS/c26-19-7-1-2-8-21(19)33-22(16-20(30-33)23-9-4-14-35-23)24(34)32-12-10-31(11-13-32)18-6-3-5-17(15-18)25(27,28)29/h1-9,14-16H,10-13H2. The topological polar surface area (TPSA) is 41.4 Å². The maximum absolute atomic E-state index is 13.6. The van der Waals surface area contributed by atoms with Crippen LogP contribution in [0.25, 0.3) is 16.3 Å². The first-order chi connectivity index (χ1) is 16.8. The Morgan fingerprint density at radius 2 is 1.71 bits per heavy atom.